The Balaban J connectivity index is 3.17. The predicted molar refractivity (Wildman–Crippen MR) is 55.8 cm³/mol. The molecule has 0 bridgehead atoms. The van der Waals surface area contributed by atoms with Crippen LogP contribution < -0.4 is 0 Å². The normalized spacial score (nSPS) is 9.31. The van der Waals surface area contributed by atoms with Crippen molar-refractivity contribution in [2.75, 3.05) is 5.33 Å². The average Bonchev–Trinajstić information content (AvgIpc) is 2.15. The van der Waals surface area contributed by atoms with Gasteiger partial charge in [-0.2, -0.15) is 0 Å². The molecule has 13 heavy (non-hydrogen) atoms. The third-order valence-corrected chi connectivity index (χ3v) is 2.18. The lowest BCUT2D eigenvalue weighted by atomic mass is 10.1. The molecule has 0 saturated carbocycles. The molecule has 0 fully saturated rings. The average molecular weight is 259 g/mol. The van der Waals surface area contributed by atoms with Gasteiger partial charge in [0, 0.05) is 10.6 Å². The molecule has 0 N–H and O–H groups in total. The first-order valence-electron chi connectivity index (χ1n) is 3.44. The zero-order chi connectivity index (χ0) is 9.84. The van der Waals surface area contributed by atoms with Crippen LogP contribution in [0.25, 0.3) is 4.85 Å². The van der Waals surface area contributed by atoms with Gasteiger partial charge in [-0.05, 0) is 18.2 Å². The number of carbonyl (C=O) groups excluding carboxylic acids is 1. The summed E-state index contributed by atoms with van der Waals surface area (Å²) in [5, 5.41) is 0.655. The van der Waals surface area contributed by atoms with Crippen LogP contribution in [-0.4, -0.2) is 11.1 Å². The Morgan fingerprint density at radius 3 is 2.77 bits per heavy atom. The molecule has 0 radical (unpaired) electrons. The van der Waals surface area contributed by atoms with Gasteiger partial charge in [0.2, 0.25) is 0 Å². The van der Waals surface area contributed by atoms with Gasteiger partial charge in [-0.25, -0.2) is 4.85 Å². The van der Waals surface area contributed by atoms with Crippen LogP contribution in [-0.2, 0) is 0 Å². The van der Waals surface area contributed by atoms with Gasteiger partial charge in [0.05, 0.1) is 11.9 Å². The number of ketones is 1. The topological polar surface area (TPSA) is 21.4 Å². The lowest BCUT2D eigenvalue weighted by molar-refractivity contribution is 0.102. The number of hydrogen-bond acceptors (Lipinski definition) is 1. The molecule has 4 heteroatoms. The number of carbonyl (C=O) groups is 1. The molecular weight excluding hydrogens is 253 g/mol. The molecule has 0 spiro atoms. The number of nitrogens with zero attached hydrogens (tertiary/aromatic N) is 1. The molecule has 0 aliphatic heterocycles. The minimum absolute atomic E-state index is 0.0765. The Labute approximate surface area is 89.5 Å². The second-order valence-electron chi connectivity index (χ2n) is 2.37. The number of hydrogen-bond donors (Lipinski definition) is 0. The van der Waals surface area contributed by atoms with Gasteiger partial charge >= 0.3 is 0 Å². The molecule has 1 aromatic carbocycles. The highest BCUT2D eigenvalue weighted by Gasteiger charge is 2.06. The van der Waals surface area contributed by atoms with E-state index in [1.165, 1.54) is 12.1 Å². The van der Waals surface area contributed by atoms with Crippen LogP contribution in [0.5, 0.6) is 0 Å². The standard InChI is InChI=1S/C9H5BrClNO/c1-12-8-3-6(9(13)5-10)2-7(11)4-8/h2-4H,5H2. The van der Waals surface area contributed by atoms with Crippen molar-refractivity contribution in [3.63, 3.8) is 0 Å². The van der Waals surface area contributed by atoms with Gasteiger partial charge in [0.25, 0.3) is 0 Å². The summed E-state index contributed by atoms with van der Waals surface area (Å²) < 4.78 is 0. The Kier molecular flexibility index (Phi) is 3.47. The molecule has 2 nitrogen and oxygen atoms in total. The van der Waals surface area contributed by atoms with Crippen molar-refractivity contribution in [1.82, 2.24) is 0 Å². The minimum Gasteiger partial charge on any atom is -0.293 e. The fraction of sp³-hybridized carbons (Fsp3) is 0.111. The van der Waals surface area contributed by atoms with Crippen LogP contribution in [0.3, 0.4) is 0 Å². The van der Waals surface area contributed by atoms with Crippen molar-refractivity contribution < 1.29 is 4.79 Å². The van der Waals surface area contributed by atoms with Crippen LogP contribution in [0.4, 0.5) is 5.69 Å². The Bertz CT molecular complexity index is 384. The van der Waals surface area contributed by atoms with Crippen molar-refractivity contribution in [3.05, 3.63) is 40.2 Å². The summed E-state index contributed by atoms with van der Waals surface area (Å²) in [7, 11) is 0. The van der Waals surface area contributed by atoms with Crippen LogP contribution in [0.15, 0.2) is 18.2 Å². The van der Waals surface area contributed by atoms with E-state index >= 15 is 0 Å². The summed E-state index contributed by atoms with van der Waals surface area (Å²) in [6.07, 6.45) is 0. The zero-order valence-electron chi connectivity index (χ0n) is 6.55. The molecule has 0 amide bonds. The van der Waals surface area contributed by atoms with Crippen molar-refractivity contribution in [2.45, 2.75) is 0 Å². The smallest absolute Gasteiger partial charge is 0.189 e. The van der Waals surface area contributed by atoms with E-state index < -0.39 is 0 Å². The van der Waals surface area contributed by atoms with E-state index in [2.05, 4.69) is 20.8 Å². The van der Waals surface area contributed by atoms with Crippen molar-refractivity contribution in [3.8, 4) is 0 Å². The maximum Gasteiger partial charge on any atom is 0.189 e. The molecule has 0 atom stereocenters. The van der Waals surface area contributed by atoms with Crippen LogP contribution >= 0.6 is 27.5 Å². The van der Waals surface area contributed by atoms with E-state index in [4.69, 9.17) is 18.2 Å². The highest BCUT2D eigenvalue weighted by atomic mass is 79.9. The maximum atomic E-state index is 11.2. The Hall–Kier alpha value is -0.850. The molecule has 66 valence electrons. The highest BCUT2D eigenvalue weighted by Crippen LogP contribution is 2.21. The van der Waals surface area contributed by atoms with Gasteiger partial charge < -0.3 is 0 Å². The van der Waals surface area contributed by atoms with Crippen molar-refractivity contribution in [2.24, 2.45) is 0 Å². The summed E-state index contributed by atoms with van der Waals surface area (Å²) in [4.78, 5) is 14.4. The van der Waals surface area contributed by atoms with Gasteiger partial charge in [0.15, 0.2) is 11.5 Å². The highest BCUT2D eigenvalue weighted by molar-refractivity contribution is 9.09. The van der Waals surface area contributed by atoms with Gasteiger partial charge in [0.1, 0.15) is 0 Å². The second-order valence-corrected chi connectivity index (χ2v) is 3.36. The fourth-order valence-electron chi connectivity index (χ4n) is 0.877. The molecule has 0 aliphatic carbocycles. The van der Waals surface area contributed by atoms with E-state index in [-0.39, 0.29) is 11.1 Å². The van der Waals surface area contributed by atoms with Gasteiger partial charge in [-0.15, -0.1) is 0 Å². The summed E-state index contributed by atoms with van der Waals surface area (Å²) in [5.74, 6) is -0.0765. The van der Waals surface area contributed by atoms with Crippen LogP contribution in [0, 0.1) is 6.57 Å². The van der Waals surface area contributed by atoms with E-state index in [0.717, 1.165) is 0 Å². The number of Topliss-reactive ketones (excluding diaryl/α,β-unsaturated/α-hetero) is 1. The van der Waals surface area contributed by atoms with Gasteiger partial charge in [-0.3, -0.25) is 4.79 Å². The molecule has 0 unspecified atom stereocenters. The number of rotatable bonds is 2. The summed E-state index contributed by atoms with van der Waals surface area (Å²) in [5.41, 5.74) is 0.854. The van der Waals surface area contributed by atoms with E-state index in [9.17, 15) is 4.79 Å². The van der Waals surface area contributed by atoms with E-state index in [1.54, 1.807) is 6.07 Å². The zero-order valence-corrected chi connectivity index (χ0v) is 8.89. The molecule has 0 aliphatic rings. The van der Waals surface area contributed by atoms with Crippen molar-refractivity contribution >= 4 is 39.0 Å². The van der Waals surface area contributed by atoms with Gasteiger partial charge in [-0.1, -0.05) is 27.5 Å². The summed E-state index contributed by atoms with van der Waals surface area (Å²) >= 11 is 8.77. The summed E-state index contributed by atoms with van der Waals surface area (Å²) in [6.45, 7) is 6.78. The molecule has 1 aromatic rings. The summed E-state index contributed by atoms with van der Waals surface area (Å²) in [6, 6.07) is 4.61. The number of alkyl halides is 1. The monoisotopic (exact) mass is 257 g/mol. The molecule has 0 aromatic heterocycles. The SMILES string of the molecule is [C-]#[N+]c1cc(Cl)cc(C(=O)CBr)c1. The Morgan fingerprint density at radius 1 is 1.54 bits per heavy atom. The first-order valence-corrected chi connectivity index (χ1v) is 4.94. The fourth-order valence-corrected chi connectivity index (χ4v) is 1.43. The number of benzene rings is 1. The molecule has 1 rings (SSSR count). The quantitative estimate of drug-likeness (QED) is 0.452. The first kappa shape index (κ1) is 10.2. The second kappa shape index (κ2) is 4.40. The minimum atomic E-state index is -0.0765. The predicted octanol–water partition coefficient (Wildman–Crippen LogP) is 3.47. The largest absolute Gasteiger partial charge is 0.293 e. The molecular formula is C9H5BrClNO. The lowest BCUT2D eigenvalue weighted by Crippen LogP contribution is -1.98. The maximum absolute atomic E-state index is 11.2. The first-order chi connectivity index (χ1) is 6.17. The molecule has 0 saturated heterocycles. The third kappa shape index (κ3) is 2.55. The number of halogens is 2. The molecule has 0 heterocycles. The van der Waals surface area contributed by atoms with Crippen molar-refractivity contribution in [1.29, 1.82) is 0 Å². The third-order valence-electron chi connectivity index (χ3n) is 1.45. The Morgan fingerprint density at radius 2 is 2.23 bits per heavy atom. The lowest BCUT2D eigenvalue weighted by Gasteiger charge is -1.98. The van der Waals surface area contributed by atoms with Crippen LogP contribution in [0.2, 0.25) is 5.02 Å². The van der Waals surface area contributed by atoms with Crippen LogP contribution in [0.1, 0.15) is 10.4 Å². The van der Waals surface area contributed by atoms with E-state index in [1.807, 2.05) is 0 Å². The van der Waals surface area contributed by atoms with E-state index in [0.29, 0.717) is 16.3 Å².